The van der Waals surface area contributed by atoms with E-state index in [0.717, 1.165) is 51.4 Å². The molecule has 13 heteroatoms. The molecule has 0 aromatic rings. The number of fused-ring (bicyclic) bond motifs is 7. The molecule has 7 rings (SSSR count). The van der Waals surface area contributed by atoms with E-state index in [1.165, 1.54) is 5.57 Å². The fourth-order valence-corrected chi connectivity index (χ4v) is 13.7. The Hall–Kier alpha value is -1.23. The molecule has 6 fully saturated rings. The highest BCUT2D eigenvalue weighted by Gasteiger charge is 2.70. The zero-order valence-electron chi connectivity index (χ0n) is 33.8. The molecule has 0 aromatic carbocycles. The number of aliphatic hydroxyl groups is 7. The Morgan fingerprint density at radius 1 is 0.782 bits per heavy atom. The Labute approximate surface area is 325 Å². The fraction of sp³-hybridized carbons (Fsp3) is 0.929. The molecule has 2 aliphatic heterocycles. The number of carbonyl (C=O) groups is 1. The van der Waals surface area contributed by atoms with Crippen LogP contribution in [-0.4, -0.2) is 128 Å². The Kier molecular flexibility index (Phi) is 10.8. The number of carboxylic acid groups (broad SMARTS) is 1. The van der Waals surface area contributed by atoms with Gasteiger partial charge in [-0.25, -0.2) is 0 Å². The largest absolute Gasteiger partial charge is 0.481 e. The van der Waals surface area contributed by atoms with Crippen molar-refractivity contribution in [3.05, 3.63) is 11.6 Å². The van der Waals surface area contributed by atoms with Gasteiger partial charge in [-0.2, -0.15) is 0 Å². The molecule has 0 amide bonds. The molecule has 8 N–H and O–H groups in total. The average molecular weight is 781 g/mol. The second-order valence-electron chi connectivity index (χ2n) is 20.5. The molecule has 2 saturated heterocycles. The van der Waals surface area contributed by atoms with Crippen LogP contribution < -0.4 is 0 Å². The van der Waals surface area contributed by atoms with Gasteiger partial charge in [0.15, 0.2) is 12.6 Å². The fourth-order valence-electron chi connectivity index (χ4n) is 13.7. The second kappa shape index (κ2) is 14.2. The molecule has 314 valence electrons. The van der Waals surface area contributed by atoms with E-state index in [4.69, 9.17) is 18.9 Å². The van der Waals surface area contributed by atoms with Crippen molar-refractivity contribution in [1.29, 1.82) is 0 Å². The summed E-state index contributed by atoms with van der Waals surface area (Å²) >= 11 is 0. The molecule has 4 saturated carbocycles. The minimum absolute atomic E-state index is 0.0320. The number of carboxylic acids is 1. The number of ether oxygens (including phenoxy) is 4. The Morgan fingerprint density at radius 2 is 1.44 bits per heavy atom. The third-order valence-corrected chi connectivity index (χ3v) is 17.4. The van der Waals surface area contributed by atoms with Gasteiger partial charge in [0.25, 0.3) is 0 Å². The van der Waals surface area contributed by atoms with E-state index < -0.39 is 90.9 Å². The molecule has 13 nitrogen and oxygen atoms in total. The minimum atomic E-state index is -1.69. The van der Waals surface area contributed by atoms with E-state index in [2.05, 4.69) is 47.6 Å². The first-order chi connectivity index (χ1) is 25.6. The van der Waals surface area contributed by atoms with E-state index in [9.17, 15) is 45.6 Å². The molecule has 0 unspecified atom stereocenters. The Bertz CT molecular complexity index is 1490. The molecule has 19 atom stereocenters. The normalized spacial score (nSPS) is 54.9. The number of rotatable bonds is 7. The van der Waals surface area contributed by atoms with Crippen LogP contribution in [0.2, 0.25) is 0 Å². The predicted molar refractivity (Wildman–Crippen MR) is 198 cm³/mol. The third kappa shape index (κ3) is 6.15. The summed E-state index contributed by atoms with van der Waals surface area (Å²) in [7, 11) is 0. The summed E-state index contributed by atoms with van der Waals surface area (Å²) in [5.74, 6) is -0.209. The van der Waals surface area contributed by atoms with Gasteiger partial charge in [-0.15, -0.1) is 0 Å². The lowest BCUT2D eigenvalue weighted by Gasteiger charge is -2.71. The summed E-state index contributed by atoms with van der Waals surface area (Å²) in [6.07, 6.45) is -3.91. The van der Waals surface area contributed by atoms with Crippen LogP contribution in [0.3, 0.4) is 0 Å². The summed E-state index contributed by atoms with van der Waals surface area (Å²) in [5.41, 5.74) is -0.265. The van der Waals surface area contributed by atoms with Crippen LogP contribution in [0.4, 0.5) is 0 Å². The summed E-state index contributed by atoms with van der Waals surface area (Å²) in [5, 5.41) is 85.1. The molecule has 0 spiro atoms. The maximum Gasteiger partial charge on any atom is 0.310 e. The zero-order valence-corrected chi connectivity index (χ0v) is 33.8. The maximum atomic E-state index is 13.0. The van der Waals surface area contributed by atoms with Crippen molar-refractivity contribution >= 4 is 5.97 Å². The molecular weight excluding hydrogens is 712 g/mol. The lowest BCUT2D eigenvalue weighted by Crippen LogP contribution is -2.67. The van der Waals surface area contributed by atoms with Crippen LogP contribution in [0.15, 0.2) is 11.6 Å². The van der Waals surface area contributed by atoms with E-state index >= 15 is 0 Å². The lowest BCUT2D eigenvalue weighted by atomic mass is 9.33. The van der Waals surface area contributed by atoms with Crippen molar-refractivity contribution in [2.75, 3.05) is 13.2 Å². The zero-order chi connectivity index (χ0) is 40.3. The van der Waals surface area contributed by atoms with Gasteiger partial charge in [0.05, 0.1) is 30.8 Å². The lowest BCUT2D eigenvalue weighted by molar-refractivity contribution is -0.365. The smallest absolute Gasteiger partial charge is 0.310 e. The van der Waals surface area contributed by atoms with E-state index in [-0.39, 0.29) is 40.1 Å². The first-order valence-electron chi connectivity index (χ1n) is 20.8. The number of aliphatic hydroxyl groups excluding tert-OH is 7. The van der Waals surface area contributed by atoms with Crippen molar-refractivity contribution in [3.8, 4) is 0 Å². The van der Waals surface area contributed by atoms with Crippen LogP contribution >= 0.6 is 0 Å². The quantitative estimate of drug-likeness (QED) is 0.138. The van der Waals surface area contributed by atoms with E-state index in [1.807, 2.05) is 0 Å². The molecular formula is C42H68O13. The molecule has 0 radical (unpaired) electrons. The molecule has 0 bridgehead atoms. The SMILES string of the molecule is C[C@@H]1O[C@@H](O[C@H]2CC[C@@]3(C)[C@@H](CC[C@]4(C)[C@@H]3CC=C3[C@H]5CC(C)(C)CC[C@]5(C(=O)O)CC[C@]34C)[C@]2(C)CO)[C@H](O)[C@H](O)[C@H]1O[C@@H]1O[C@H](CO)[C@@H](O)[C@H](O)[C@H]1O. The Balaban J connectivity index is 1.09. The topological polar surface area (TPSA) is 216 Å². The maximum absolute atomic E-state index is 13.0. The molecule has 7 aliphatic rings. The second-order valence-corrected chi connectivity index (χ2v) is 20.5. The highest BCUT2D eigenvalue weighted by atomic mass is 16.7. The summed E-state index contributed by atoms with van der Waals surface area (Å²) in [6.45, 7) is 14.8. The van der Waals surface area contributed by atoms with Gasteiger partial charge >= 0.3 is 5.97 Å². The average Bonchev–Trinajstić information content (AvgIpc) is 3.13. The van der Waals surface area contributed by atoms with Crippen molar-refractivity contribution in [3.63, 3.8) is 0 Å². The molecule has 55 heavy (non-hydrogen) atoms. The van der Waals surface area contributed by atoms with Crippen LogP contribution in [0.25, 0.3) is 0 Å². The van der Waals surface area contributed by atoms with Crippen molar-refractivity contribution in [2.24, 2.45) is 50.2 Å². The van der Waals surface area contributed by atoms with Crippen molar-refractivity contribution in [1.82, 2.24) is 0 Å². The number of allylic oxidation sites excluding steroid dienone is 2. The molecule has 5 aliphatic carbocycles. The highest BCUT2D eigenvalue weighted by Crippen LogP contribution is 2.76. The van der Waals surface area contributed by atoms with Gasteiger partial charge in [-0.1, -0.05) is 53.2 Å². The summed E-state index contributed by atoms with van der Waals surface area (Å²) in [4.78, 5) is 13.0. The number of aliphatic carboxylic acids is 1. The molecule has 0 aromatic heterocycles. The van der Waals surface area contributed by atoms with Crippen molar-refractivity contribution < 1.29 is 64.6 Å². The Morgan fingerprint density at radius 3 is 2.09 bits per heavy atom. The van der Waals surface area contributed by atoms with E-state index in [0.29, 0.717) is 18.8 Å². The van der Waals surface area contributed by atoms with Crippen LogP contribution in [0.5, 0.6) is 0 Å². The predicted octanol–water partition coefficient (Wildman–Crippen LogP) is 2.88. The minimum Gasteiger partial charge on any atom is -0.481 e. The van der Waals surface area contributed by atoms with Gasteiger partial charge in [-0.3, -0.25) is 4.79 Å². The van der Waals surface area contributed by atoms with Gasteiger partial charge < -0.3 is 59.8 Å². The van der Waals surface area contributed by atoms with Crippen LogP contribution in [0, 0.1) is 50.2 Å². The van der Waals surface area contributed by atoms with Crippen LogP contribution in [0.1, 0.15) is 113 Å². The number of hydrogen-bond donors (Lipinski definition) is 8. The third-order valence-electron chi connectivity index (χ3n) is 17.4. The van der Waals surface area contributed by atoms with E-state index in [1.54, 1.807) is 6.92 Å². The first-order valence-corrected chi connectivity index (χ1v) is 20.8. The number of hydrogen-bond acceptors (Lipinski definition) is 12. The van der Waals surface area contributed by atoms with Gasteiger partial charge in [0.2, 0.25) is 0 Å². The first kappa shape index (κ1) is 41.9. The van der Waals surface area contributed by atoms with Gasteiger partial charge in [0, 0.05) is 5.41 Å². The van der Waals surface area contributed by atoms with Gasteiger partial charge in [0.1, 0.15) is 42.7 Å². The molecule has 2 heterocycles. The summed E-state index contributed by atoms with van der Waals surface area (Å²) < 4.78 is 24.0. The van der Waals surface area contributed by atoms with Crippen LogP contribution in [-0.2, 0) is 23.7 Å². The highest BCUT2D eigenvalue weighted by molar-refractivity contribution is 5.76. The van der Waals surface area contributed by atoms with Crippen molar-refractivity contribution in [2.45, 2.75) is 180 Å². The van der Waals surface area contributed by atoms with Gasteiger partial charge in [-0.05, 0) is 111 Å². The monoisotopic (exact) mass is 780 g/mol. The standard InChI is InChI=1S/C42H68O13/c1-21-33(55-35-31(48)29(46)28(45)24(19-43)53-35)30(47)32(49)34(52-21)54-27-11-12-38(4)25(39(27,5)20-44)10-13-41(7)26(38)9-8-22-23-18-37(2,3)14-16-42(23,36(50)51)17-15-40(22,41)6/h8,21,23-35,43-49H,9-20H2,1-7H3,(H,50,51)/t21-,23+,24+,25+,26+,27-,28+,29-,30-,31+,32+,33-,34-,35-,38-,39-,40+,41+,42-/m0/s1. The summed E-state index contributed by atoms with van der Waals surface area (Å²) in [6, 6.07) is 0.